The summed E-state index contributed by atoms with van der Waals surface area (Å²) in [6.07, 6.45) is 4.07. The van der Waals surface area contributed by atoms with Crippen molar-refractivity contribution in [3.63, 3.8) is 0 Å². The number of pyridine rings is 1. The van der Waals surface area contributed by atoms with E-state index in [9.17, 15) is 14.4 Å². The Morgan fingerprint density at radius 1 is 1.11 bits per heavy atom. The van der Waals surface area contributed by atoms with Crippen molar-refractivity contribution in [1.29, 1.82) is 0 Å². The summed E-state index contributed by atoms with van der Waals surface area (Å²) in [5.74, 6) is 0.125. The van der Waals surface area contributed by atoms with Crippen LogP contribution in [-0.4, -0.2) is 42.9 Å². The lowest BCUT2D eigenvalue weighted by molar-refractivity contribution is -0.144. The molecule has 2 N–H and O–H groups in total. The number of carbonyl (C=O) groups excluding carboxylic acids is 3. The van der Waals surface area contributed by atoms with E-state index in [0.717, 1.165) is 50.2 Å². The average molecular weight is 513 g/mol. The van der Waals surface area contributed by atoms with Gasteiger partial charge in [-0.1, -0.05) is 30.3 Å². The molecule has 2 aliphatic rings. The van der Waals surface area contributed by atoms with Gasteiger partial charge in [-0.05, 0) is 61.9 Å². The van der Waals surface area contributed by atoms with Gasteiger partial charge in [0, 0.05) is 55.0 Å². The minimum absolute atomic E-state index is 0.212. The van der Waals surface area contributed by atoms with Crippen LogP contribution >= 0.6 is 0 Å². The van der Waals surface area contributed by atoms with E-state index in [2.05, 4.69) is 22.8 Å². The van der Waals surface area contributed by atoms with Gasteiger partial charge in [0.1, 0.15) is 5.82 Å². The molecule has 0 saturated heterocycles. The quantitative estimate of drug-likeness (QED) is 0.359. The van der Waals surface area contributed by atoms with E-state index in [4.69, 9.17) is 9.72 Å². The Balaban J connectivity index is 1.24. The molecule has 0 spiro atoms. The third kappa shape index (κ3) is 5.25. The number of fused-ring (bicyclic) bond motifs is 3. The Hall–Kier alpha value is -4.20. The fraction of sp³-hybridized carbons (Fsp3) is 0.333. The third-order valence-electron chi connectivity index (χ3n) is 7.10. The van der Waals surface area contributed by atoms with Crippen molar-refractivity contribution in [2.45, 2.75) is 45.1 Å². The molecule has 8 heteroatoms. The van der Waals surface area contributed by atoms with E-state index >= 15 is 0 Å². The Morgan fingerprint density at radius 3 is 2.79 bits per heavy atom. The zero-order valence-corrected chi connectivity index (χ0v) is 21.8. The van der Waals surface area contributed by atoms with Crippen molar-refractivity contribution < 1.29 is 19.1 Å². The largest absolute Gasteiger partial charge is 0.453 e. The molecule has 196 valence electrons. The van der Waals surface area contributed by atoms with E-state index in [1.54, 1.807) is 43.4 Å². The summed E-state index contributed by atoms with van der Waals surface area (Å²) in [7, 11) is 1.67. The highest BCUT2D eigenvalue weighted by atomic mass is 16.5. The highest BCUT2D eigenvalue weighted by Crippen LogP contribution is 2.39. The first kappa shape index (κ1) is 25.4. The zero-order chi connectivity index (χ0) is 26.6. The molecule has 5 rings (SSSR count). The van der Waals surface area contributed by atoms with E-state index in [1.165, 1.54) is 17.4 Å². The molecule has 0 fully saturated rings. The summed E-state index contributed by atoms with van der Waals surface area (Å²) in [5.41, 5.74) is 5.07. The second kappa shape index (κ2) is 11.0. The van der Waals surface area contributed by atoms with E-state index in [-0.39, 0.29) is 11.8 Å². The normalized spacial score (nSPS) is 15.9. The van der Waals surface area contributed by atoms with Crippen LogP contribution in [0.4, 0.5) is 11.5 Å². The van der Waals surface area contributed by atoms with E-state index in [0.29, 0.717) is 34.5 Å². The average Bonchev–Trinajstić information content (AvgIpc) is 3.01. The molecule has 1 unspecified atom stereocenters. The fourth-order valence-corrected chi connectivity index (χ4v) is 5.11. The first-order valence-corrected chi connectivity index (χ1v) is 13.1. The predicted octanol–water partition coefficient (Wildman–Crippen LogP) is 4.43. The molecule has 1 atom stereocenters. The smallest absolute Gasteiger partial charge is 0.303 e. The number of aromatic nitrogens is 1. The van der Waals surface area contributed by atoms with Crippen LogP contribution in [0.3, 0.4) is 0 Å². The van der Waals surface area contributed by atoms with Crippen LogP contribution in [0.2, 0.25) is 0 Å². The van der Waals surface area contributed by atoms with Crippen LogP contribution in [0.5, 0.6) is 0 Å². The number of esters is 1. The van der Waals surface area contributed by atoms with E-state index in [1.807, 2.05) is 6.07 Å². The van der Waals surface area contributed by atoms with Gasteiger partial charge in [0.05, 0.1) is 5.69 Å². The van der Waals surface area contributed by atoms with Gasteiger partial charge in [0.2, 0.25) is 0 Å². The molecular weight excluding hydrogens is 480 g/mol. The number of nitrogens with zero attached hydrogens (tertiary/aromatic N) is 2. The summed E-state index contributed by atoms with van der Waals surface area (Å²) >= 11 is 0. The third-order valence-corrected chi connectivity index (χ3v) is 7.10. The predicted molar refractivity (Wildman–Crippen MR) is 146 cm³/mol. The Morgan fingerprint density at radius 2 is 1.95 bits per heavy atom. The van der Waals surface area contributed by atoms with Crippen molar-refractivity contribution in [3.8, 4) is 0 Å². The van der Waals surface area contributed by atoms with Crippen molar-refractivity contribution in [2.24, 2.45) is 0 Å². The summed E-state index contributed by atoms with van der Waals surface area (Å²) in [6.45, 7) is 2.86. The molecule has 3 aromatic rings. The summed E-state index contributed by atoms with van der Waals surface area (Å²) in [5, 5.41) is 6.35. The minimum atomic E-state index is -0.739. The maximum Gasteiger partial charge on any atom is 0.303 e. The standard InChI is InChI=1S/C30H32N4O4/c1-19(35)38-27-23-10-3-4-11-24(23)30(37)34(2)26-18-21(13-15-25(26)27)29(36)32-16-6-5-9-22-14-12-20-8-7-17-31-28(20)33-22/h3-4,10-15,18,27H,5-9,16-17H2,1-2H3,(H,31,33)(H,32,36). The molecule has 0 radical (unpaired) electrons. The molecule has 2 amide bonds. The van der Waals surface area contributed by atoms with Gasteiger partial charge < -0.3 is 20.3 Å². The molecule has 1 aromatic heterocycles. The second-order valence-corrected chi connectivity index (χ2v) is 9.77. The van der Waals surface area contributed by atoms with Gasteiger partial charge in [-0.15, -0.1) is 0 Å². The molecule has 0 aliphatic carbocycles. The van der Waals surface area contributed by atoms with Gasteiger partial charge in [0.15, 0.2) is 6.10 Å². The van der Waals surface area contributed by atoms with Crippen LogP contribution in [0.1, 0.15) is 75.4 Å². The van der Waals surface area contributed by atoms with Crippen LogP contribution < -0.4 is 15.5 Å². The van der Waals surface area contributed by atoms with Gasteiger partial charge in [-0.25, -0.2) is 4.98 Å². The van der Waals surface area contributed by atoms with Crippen LogP contribution in [0.15, 0.2) is 54.6 Å². The van der Waals surface area contributed by atoms with E-state index < -0.39 is 12.1 Å². The zero-order valence-electron chi connectivity index (χ0n) is 21.8. The number of hydrogen-bond acceptors (Lipinski definition) is 6. The molecule has 2 aliphatic heterocycles. The Kier molecular flexibility index (Phi) is 7.40. The number of nitrogens with one attached hydrogen (secondary N) is 2. The van der Waals surface area contributed by atoms with Gasteiger partial charge in [-0.2, -0.15) is 0 Å². The maximum absolute atomic E-state index is 13.2. The van der Waals surface area contributed by atoms with Gasteiger partial charge in [0.25, 0.3) is 11.8 Å². The van der Waals surface area contributed by atoms with Crippen LogP contribution in [0.25, 0.3) is 0 Å². The number of anilines is 2. The number of ether oxygens (including phenoxy) is 1. The first-order chi connectivity index (χ1) is 18.4. The number of unbranched alkanes of at least 4 members (excludes halogenated alkanes) is 1. The summed E-state index contributed by atoms with van der Waals surface area (Å²) in [6, 6.07) is 16.5. The highest BCUT2D eigenvalue weighted by molar-refractivity contribution is 6.09. The molecule has 2 aromatic carbocycles. The molecule has 8 nitrogen and oxygen atoms in total. The first-order valence-electron chi connectivity index (χ1n) is 13.1. The number of rotatable bonds is 7. The van der Waals surface area contributed by atoms with Crippen LogP contribution in [0, 0.1) is 0 Å². The number of hydrogen-bond donors (Lipinski definition) is 2. The lowest BCUT2D eigenvalue weighted by Crippen LogP contribution is -2.28. The second-order valence-electron chi connectivity index (χ2n) is 9.77. The number of aryl methyl sites for hydroxylation is 2. The van der Waals surface area contributed by atoms with Gasteiger partial charge in [-0.3, -0.25) is 14.4 Å². The van der Waals surface area contributed by atoms with Crippen molar-refractivity contribution in [1.82, 2.24) is 10.3 Å². The topological polar surface area (TPSA) is 101 Å². The summed E-state index contributed by atoms with van der Waals surface area (Å²) < 4.78 is 5.65. The SMILES string of the molecule is CC(=O)OC1c2ccccc2C(=O)N(C)c2cc(C(=O)NCCCCc3ccc4c(n3)NCCC4)ccc21. The van der Waals surface area contributed by atoms with Crippen LogP contribution in [-0.2, 0) is 22.4 Å². The summed E-state index contributed by atoms with van der Waals surface area (Å²) in [4.78, 5) is 44.3. The number of benzene rings is 2. The van der Waals surface area contributed by atoms with Gasteiger partial charge >= 0.3 is 5.97 Å². The minimum Gasteiger partial charge on any atom is -0.453 e. The molecule has 0 bridgehead atoms. The molecule has 38 heavy (non-hydrogen) atoms. The monoisotopic (exact) mass is 512 g/mol. The molecule has 0 saturated carbocycles. The van der Waals surface area contributed by atoms with Crippen molar-refractivity contribution >= 4 is 29.3 Å². The Bertz CT molecular complexity index is 1390. The maximum atomic E-state index is 13.2. The molecular formula is C30H32N4O4. The Labute approximate surface area is 222 Å². The number of amides is 2. The van der Waals surface area contributed by atoms with Crippen molar-refractivity contribution in [2.75, 3.05) is 30.4 Å². The molecule has 3 heterocycles. The fourth-order valence-electron chi connectivity index (χ4n) is 5.11. The van der Waals surface area contributed by atoms with Crippen molar-refractivity contribution in [3.05, 3.63) is 88.1 Å². The lowest BCUT2D eigenvalue weighted by Gasteiger charge is -2.21. The number of carbonyl (C=O) groups is 3. The highest BCUT2D eigenvalue weighted by Gasteiger charge is 2.33. The lowest BCUT2D eigenvalue weighted by atomic mass is 9.96.